The Hall–Kier alpha value is 0.199. The molecular formula is C26H56N4O6S2Sn. The van der Waals surface area contributed by atoms with E-state index in [1.807, 2.05) is 0 Å². The van der Waals surface area contributed by atoms with Crippen molar-refractivity contribution in [1.82, 2.24) is 10.6 Å². The van der Waals surface area contributed by atoms with E-state index in [1.54, 1.807) is 13.8 Å². The molecule has 232 valence electrons. The molecule has 0 saturated heterocycles. The van der Waals surface area contributed by atoms with Gasteiger partial charge >= 0.3 is 254 Å². The fourth-order valence-electron chi connectivity index (χ4n) is 4.11. The van der Waals surface area contributed by atoms with Crippen molar-refractivity contribution < 1.29 is 25.2 Å². The molecule has 0 aromatic rings. The molecule has 0 aliphatic heterocycles. The maximum absolute atomic E-state index is 12.4. The number of rotatable bonds is 28. The molecule has 13 heteroatoms. The molecule has 0 aliphatic rings. The molecule has 0 unspecified atom stereocenters. The number of hydrogen-bond acceptors (Lipinski definition) is 12. The molecule has 0 aromatic carbocycles. The van der Waals surface area contributed by atoms with Crippen molar-refractivity contribution in [3.05, 3.63) is 0 Å². The number of ether oxygens (including phenoxy) is 2. The Labute approximate surface area is 252 Å². The van der Waals surface area contributed by atoms with Gasteiger partial charge in [0, 0.05) is 0 Å². The minimum absolute atomic E-state index is 0.108. The van der Waals surface area contributed by atoms with Crippen molar-refractivity contribution in [2.45, 2.75) is 86.2 Å². The second-order valence-corrected chi connectivity index (χ2v) is 20.1. The predicted octanol–water partition coefficient (Wildman–Crippen LogP) is 2.40. The fraction of sp³-hybridized carbons (Fsp3) is 0.923. The third-order valence-electron chi connectivity index (χ3n) is 6.23. The van der Waals surface area contributed by atoms with E-state index < -0.39 is 19.2 Å². The number of hydrogen-bond donors (Lipinski definition) is 6. The van der Waals surface area contributed by atoms with Gasteiger partial charge in [0.1, 0.15) is 0 Å². The van der Waals surface area contributed by atoms with Gasteiger partial charge in [-0.05, 0) is 0 Å². The molecule has 6 N–H and O–H groups in total. The fourth-order valence-corrected chi connectivity index (χ4v) is 13.2. The summed E-state index contributed by atoms with van der Waals surface area (Å²) < 4.78 is 24.9. The standard InChI is InChI=1S/2C8H19N2OS.2C5H9O2.Sn/c2*9-4-2-1-3-8(7-11)10-5-6-12;2*1-3-5(6)7-4-2;/h2*8,10,12H,1-7,9H2;2*1,3-4H2,2H3;/q2*-1;;;+2/t2*8-;;;/m10.../s1. The van der Waals surface area contributed by atoms with Gasteiger partial charge in [-0.3, -0.25) is 0 Å². The second-order valence-electron chi connectivity index (χ2n) is 9.46. The van der Waals surface area contributed by atoms with Crippen LogP contribution in [0.2, 0.25) is 8.87 Å². The van der Waals surface area contributed by atoms with Gasteiger partial charge < -0.3 is 0 Å². The quantitative estimate of drug-likeness (QED) is 0.0311. The third kappa shape index (κ3) is 21.5. The Balaban J connectivity index is 5.85. The van der Waals surface area contributed by atoms with E-state index in [2.05, 4.69) is 35.9 Å². The number of nitrogens with one attached hydrogen (secondary N) is 2. The van der Waals surface area contributed by atoms with E-state index in [0.29, 0.717) is 59.9 Å². The number of carbonyl (C=O) groups is 2. The van der Waals surface area contributed by atoms with Crippen molar-refractivity contribution in [3.8, 4) is 0 Å². The topological polar surface area (TPSA) is 147 Å². The van der Waals surface area contributed by atoms with Gasteiger partial charge in [-0.25, -0.2) is 0 Å². The van der Waals surface area contributed by atoms with Crippen LogP contribution in [0.3, 0.4) is 0 Å². The number of thiol groups is 2. The number of nitrogens with two attached hydrogens (primary N) is 2. The van der Waals surface area contributed by atoms with Crippen molar-refractivity contribution in [2.75, 3.05) is 64.1 Å². The molecule has 0 spiro atoms. The zero-order valence-electron chi connectivity index (χ0n) is 24.3. The normalized spacial score (nSPS) is 13.3. The maximum atomic E-state index is 12.4. The van der Waals surface area contributed by atoms with Crippen LogP contribution in [0.5, 0.6) is 0 Å². The van der Waals surface area contributed by atoms with Crippen LogP contribution in [0.4, 0.5) is 0 Å². The van der Waals surface area contributed by atoms with E-state index in [9.17, 15) is 9.59 Å². The van der Waals surface area contributed by atoms with E-state index in [1.165, 1.54) is 0 Å². The molecular weight excluding hydrogens is 647 g/mol. The van der Waals surface area contributed by atoms with Gasteiger partial charge in [0.2, 0.25) is 0 Å². The van der Waals surface area contributed by atoms with Gasteiger partial charge in [-0.15, -0.1) is 0 Å². The molecule has 0 fully saturated rings. The summed E-state index contributed by atoms with van der Waals surface area (Å²) in [4.78, 5) is 24.8. The second kappa shape index (κ2) is 27.1. The molecule has 2 atom stereocenters. The Morgan fingerprint density at radius 2 is 1.15 bits per heavy atom. The Morgan fingerprint density at radius 3 is 1.49 bits per heavy atom. The average molecular weight is 704 g/mol. The van der Waals surface area contributed by atoms with Crippen LogP contribution in [0.15, 0.2) is 0 Å². The van der Waals surface area contributed by atoms with Crippen LogP contribution in [-0.4, -0.2) is 107 Å². The van der Waals surface area contributed by atoms with Crippen LogP contribution in [0, 0.1) is 0 Å². The van der Waals surface area contributed by atoms with Gasteiger partial charge in [0.15, 0.2) is 0 Å². The van der Waals surface area contributed by atoms with E-state index in [-0.39, 0.29) is 36.9 Å². The minimum atomic E-state index is -4.01. The van der Waals surface area contributed by atoms with Crippen LogP contribution in [-0.2, 0) is 25.2 Å². The summed E-state index contributed by atoms with van der Waals surface area (Å²) >= 11 is 4.67. The summed E-state index contributed by atoms with van der Waals surface area (Å²) in [5.41, 5.74) is 11.4. The first-order chi connectivity index (χ1) is 18.9. The molecule has 0 rings (SSSR count). The summed E-state index contributed by atoms with van der Waals surface area (Å²) in [5.74, 6) is 0.876. The number of unbranched alkanes of at least 4 members (excludes halogenated alkanes) is 2. The Kier molecular flexibility index (Phi) is 27.2. The van der Waals surface area contributed by atoms with E-state index >= 15 is 0 Å². The Morgan fingerprint density at radius 1 is 0.744 bits per heavy atom. The van der Waals surface area contributed by atoms with Crippen molar-refractivity contribution in [3.63, 3.8) is 0 Å². The summed E-state index contributed by atoms with van der Waals surface area (Å²) in [6, 6.07) is 0.215. The molecule has 0 bridgehead atoms. The van der Waals surface area contributed by atoms with Crippen LogP contribution < -0.4 is 22.1 Å². The van der Waals surface area contributed by atoms with Gasteiger partial charge in [-0.1, -0.05) is 0 Å². The molecule has 0 radical (unpaired) electrons. The number of esters is 2. The molecule has 10 nitrogen and oxygen atoms in total. The molecule has 0 aliphatic carbocycles. The third-order valence-corrected chi connectivity index (χ3v) is 16.4. The summed E-state index contributed by atoms with van der Waals surface area (Å²) in [7, 11) is 0. The van der Waals surface area contributed by atoms with Crippen molar-refractivity contribution in [2.24, 2.45) is 11.5 Å². The summed E-state index contributed by atoms with van der Waals surface area (Å²) in [6.45, 7) is 7.92. The molecule has 0 aromatic heterocycles. The number of carbonyl (C=O) groups excluding carboxylic acids is 2. The SMILES string of the molecule is CCOC(=O)C[CH2][Sn]([CH2]CC(=O)OCC)([O]C[C@@H](CCCCN)NCCS)[O]C[C@H](CCCCN)NCCS. The Bertz CT molecular complexity index is 563. The van der Waals surface area contributed by atoms with Crippen LogP contribution in [0.1, 0.15) is 65.2 Å². The summed E-state index contributed by atoms with van der Waals surface area (Å²) in [5, 5.41) is 7.04. The first-order valence-electron chi connectivity index (χ1n) is 14.6. The first-order valence-corrected chi connectivity index (χ1v) is 22.2. The van der Waals surface area contributed by atoms with Crippen LogP contribution >= 0.6 is 25.3 Å². The first kappa shape index (κ1) is 39.2. The van der Waals surface area contributed by atoms with E-state index in [4.69, 9.17) is 27.1 Å². The molecule has 0 saturated carbocycles. The molecule has 39 heavy (non-hydrogen) atoms. The molecule has 0 amide bonds. The van der Waals surface area contributed by atoms with Gasteiger partial charge in [0.05, 0.1) is 0 Å². The van der Waals surface area contributed by atoms with Crippen molar-refractivity contribution >= 4 is 56.4 Å². The molecule has 0 heterocycles. The monoisotopic (exact) mass is 704 g/mol. The zero-order chi connectivity index (χ0) is 29.2. The average Bonchev–Trinajstić information content (AvgIpc) is 2.93. The van der Waals surface area contributed by atoms with Crippen LogP contribution in [0.25, 0.3) is 0 Å². The van der Waals surface area contributed by atoms with Gasteiger partial charge in [0.25, 0.3) is 0 Å². The van der Waals surface area contributed by atoms with E-state index in [0.717, 1.165) is 51.6 Å². The van der Waals surface area contributed by atoms with Crippen molar-refractivity contribution in [1.29, 1.82) is 0 Å². The predicted molar refractivity (Wildman–Crippen MR) is 167 cm³/mol. The zero-order valence-corrected chi connectivity index (χ0v) is 28.9. The van der Waals surface area contributed by atoms with Gasteiger partial charge in [-0.2, -0.15) is 0 Å². The summed E-state index contributed by atoms with van der Waals surface area (Å²) in [6.07, 6.45) is 6.08.